The molecular formula is C12H19NO. The van der Waals surface area contributed by atoms with Crippen LogP contribution in [0.3, 0.4) is 0 Å². The molecule has 0 aliphatic heterocycles. The first-order chi connectivity index (χ1) is 6.54. The lowest BCUT2D eigenvalue weighted by Crippen LogP contribution is -2.14. The predicted octanol–water partition coefficient (Wildman–Crippen LogP) is 3.22. The van der Waals surface area contributed by atoms with E-state index in [9.17, 15) is 5.11 Å². The summed E-state index contributed by atoms with van der Waals surface area (Å²) >= 11 is 0. The van der Waals surface area contributed by atoms with Gasteiger partial charge in [0.25, 0.3) is 0 Å². The summed E-state index contributed by atoms with van der Waals surface area (Å²) in [7, 11) is 0. The summed E-state index contributed by atoms with van der Waals surface area (Å²) < 4.78 is 0. The van der Waals surface area contributed by atoms with Crippen LogP contribution in [0.2, 0.25) is 0 Å². The van der Waals surface area contributed by atoms with Gasteiger partial charge in [-0.2, -0.15) is 0 Å². The Kier molecular flexibility index (Phi) is 3.39. The van der Waals surface area contributed by atoms with Crippen molar-refractivity contribution in [1.82, 2.24) is 0 Å². The zero-order valence-corrected chi connectivity index (χ0v) is 9.39. The zero-order valence-electron chi connectivity index (χ0n) is 9.39. The van der Waals surface area contributed by atoms with Crippen molar-refractivity contribution in [2.24, 2.45) is 0 Å². The van der Waals surface area contributed by atoms with Gasteiger partial charge in [0.15, 0.2) is 0 Å². The molecule has 1 rings (SSSR count). The third-order valence-electron chi connectivity index (χ3n) is 2.56. The van der Waals surface area contributed by atoms with E-state index in [4.69, 9.17) is 0 Å². The minimum atomic E-state index is 0.372. The molecule has 0 radical (unpaired) electrons. The molecular weight excluding hydrogens is 174 g/mol. The lowest BCUT2D eigenvalue weighted by atomic mass is 10.1. The van der Waals surface area contributed by atoms with Crippen LogP contribution in [0.5, 0.6) is 5.75 Å². The van der Waals surface area contributed by atoms with Gasteiger partial charge >= 0.3 is 0 Å². The number of nitrogens with one attached hydrogen (secondary N) is 1. The van der Waals surface area contributed by atoms with Crippen molar-refractivity contribution in [3.05, 3.63) is 23.3 Å². The molecule has 1 aromatic rings. The first-order valence-corrected chi connectivity index (χ1v) is 5.11. The lowest BCUT2D eigenvalue weighted by molar-refractivity contribution is 0.470. The van der Waals surface area contributed by atoms with Crippen molar-refractivity contribution in [1.29, 1.82) is 0 Å². The van der Waals surface area contributed by atoms with Gasteiger partial charge in [0.05, 0.1) is 0 Å². The predicted molar refractivity (Wildman–Crippen MR) is 61.0 cm³/mol. The van der Waals surface area contributed by atoms with E-state index in [1.807, 2.05) is 19.9 Å². The molecule has 2 heteroatoms. The Balaban J connectivity index is 2.92. The number of hydrogen-bond acceptors (Lipinski definition) is 2. The summed E-state index contributed by atoms with van der Waals surface area (Å²) in [5, 5.41) is 12.9. The maximum atomic E-state index is 9.49. The standard InChI is InChI=1S/C12H19NO/c1-5-10(4)13-11-6-9(3)12(14)7-8(11)2/h6-7,10,13-14H,5H2,1-4H3. The SMILES string of the molecule is CCC(C)Nc1cc(C)c(O)cc1C. The summed E-state index contributed by atoms with van der Waals surface area (Å²) in [6.07, 6.45) is 1.10. The summed E-state index contributed by atoms with van der Waals surface area (Å²) in [5.74, 6) is 0.372. The molecule has 0 saturated carbocycles. The van der Waals surface area contributed by atoms with Gasteiger partial charge in [-0.15, -0.1) is 0 Å². The monoisotopic (exact) mass is 193 g/mol. The maximum absolute atomic E-state index is 9.49. The fourth-order valence-electron chi connectivity index (χ4n) is 1.32. The second kappa shape index (κ2) is 4.36. The number of benzene rings is 1. The molecule has 0 bridgehead atoms. The largest absolute Gasteiger partial charge is 0.508 e. The van der Waals surface area contributed by atoms with Crippen LogP contribution in [0.15, 0.2) is 12.1 Å². The molecule has 0 aliphatic rings. The van der Waals surface area contributed by atoms with Crippen molar-refractivity contribution >= 4 is 5.69 Å². The van der Waals surface area contributed by atoms with Gasteiger partial charge in [0.1, 0.15) is 5.75 Å². The van der Waals surface area contributed by atoms with E-state index < -0.39 is 0 Å². The minimum Gasteiger partial charge on any atom is -0.508 e. The van der Waals surface area contributed by atoms with Crippen LogP contribution in [0, 0.1) is 13.8 Å². The van der Waals surface area contributed by atoms with Gasteiger partial charge in [-0.3, -0.25) is 0 Å². The van der Waals surface area contributed by atoms with Crippen LogP contribution in [-0.4, -0.2) is 11.1 Å². The van der Waals surface area contributed by atoms with Crippen molar-refractivity contribution < 1.29 is 5.11 Å². The van der Waals surface area contributed by atoms with E-state index in [1.165, 1.54) is 0 Å². The fraction of sp³-hybridized carbons (Fsp3) is 0.500. The highest BCUT2D eigenvalue weighted by Gasteiger charge is 2.05. The smallest absolute Gasteiger partial charge is 0.118 e. The Bertz CT molecular complexity index is 320. The number of aryl methyl sites for hydroxylation is 2. The van der Waals surface area contributed by atoms with Crippen molar-refractivity contribution in [2.75, 3.05) is 5.32 Å². The topological polar surface area (TPSA) is 32.3 Å². The highest BCUT2D eigenvalue weighted by atomic mass is 16.3. The summed E-state index contributed by atoms with van der Waals surface area (Å²) in [6.45, 7) is 8.22. The Morgan fingerprint density at radius 3 is 2.50 bits per heavy atom. The van der Waals surface area contributed by atoms with Gasteiger partial charge < -0.3 is 10.4 Å². The minimum absolute atomic E-state index is 0.372. The van der Waals surface area contributed by atoms with Gasteiger partial charge in [0.2, 0.25) is 0 Å². The number of phenols is 1. The Labute approximate surface area is 86.0 Å². The highest BCUT2D eigenvalue weighted by molar-refractivity contribution is 5.57. The van der Waals surface area contributed by atoms with Crippen LogP contribution in [0.4, 0.5) is 5.69 Å². The van der Waals surface area contributed by atoms with Crippen LogP contribution in [0.1, 0.15) is 31.4 Å². The second-order valence-corrected chi connectivity index (χ2v) is 3.91. The average molecular weight is 193 g/mol. The molecule has 0 amide bonds. The van der Waals surface area contributed by atoms with Gasteiger partial charge in [-0.1, -0.05) is 6.92 Å². The van der Waals surface area contributed by atoms with Crippen LogP contribution >= 0.6 is 0 Å². The molecule has 0 fully saturated rings. The number of rotatable bonds is 3. The number of anilines is 1. The summed E-state index contributed by atoms with van der Waals surface area (Å²) in [6, 6.07) is 4.27. The Hall–Kier alpha value is -1.18. The fourth-order valence-corrected chi connectivity index (χ4v) is 1.32. The van der Waals surface area contributed by atoms with E-state index in [2.05, 4.69) is 19.2 Å². The van der Waals surface area contributed by atoms with Crippen LogP contribution < -0.4 is 5.32 Å². The Morgan fingerprint density at radius 2 is 1.93 bits per heavy atom. The molecule has 14 heavy (non-hydrogen) atoms. The van der Waals surface area contributed by atoms with E-state index in [-0.39, 0.29) is 0 Å². The number of hydrogen-bond donors (Lipinski definition) is 2. The molecule has 1 aromatic carbocycles. The van der Waals surface area contributed by atoms with Gasteiger partial charge in [-0.25, -0.2) is 0 Å². The molecule has 0 aliphatic carbocycles. The third kappa shape index (κ3) is 2.41. The summed E-state index contributed by atoms with van der Waals surface area (Å²) in [4.78, 5) is 0. The zero-order chi connectivity index (χ0) is 10.7. The Morgan fingerprint density at radius 1 is 1.29 bits per heavy atom. The molecule has 0 saturated heterocycles. The molecule has 0 aromatic heterocycles. The normalized spacial score (nSPS) is 12.6. The second-order valence-electron chi connectivity index (χ2n) is 3.91. The maximum Gasteiger partial charge on any atom is 0.118 e. The van der Waals surface area contributed by atoms with E-state index in [0.29, 0.717) is 11.8 Å². The van der Waals surface area contributed by atoms with Gasteiger partial charge in [-0.05, 0) is 50.5 Å². The van der Waals surface area contributed by atoms with E-state index in [1.54, 1.807) is 6.07 Å². The van der Waals surface area contributed by atoms with Crippen LogP contribution in [-0.2, 0) is 0 Å². The highest BCUT2D eigenvalue weighted by Crippen LogP contribution is 2.25. The van der Waals surface area contributed by atoms with Crippen LogP contribution in [0.25, 0.3) is 0 Å². The van der Waals surface area contributed by atoms with Crippen molar-refractivity contribution in [3.8, 4) is 5.75 Å². The number of phenolic OH excluding ortho intramolecular Hbond substituents is 1. The third-order valence-corrected chi connectivity index (χ3v) is 2.56. The van der Waals surface area contributed by atoms with E-state index in [0.717, 1.165) is 23.2 Å². The molecule has 78 valence electrons. The number of aromatic hydroxyl groups is 1. The first kappa shape index (κ1) is 10.9. The van der Waals surface area contributed by atoms with Crippen molar-refractivity contribution in [2.45, 2.75) is 40.2 Å². The molecule has 1 unspecified atom stereocenters. The molecule has 2 nitrogen and oxygen atoms in total. The van der Waals surface area contributed by atoms with Crippen molar-refractivity contribution in [3.63, 3.8) is 0 Å². The quantitative estimate of drug-likeness (QED) is 0.722. The molecule has 2 N–H and O–H groups in total. The average Bonchev–Trinajstić information content (AvgIpc) is 2.14. The molecule has 0 spiro atoms. The van der Waals surface area contributed by atoms with E-state index >= 15 is 0 Å². The molecule has 0 heterocycles. The van der Waals surface area contributed by atoms with Gasteiger partial charge in [0, 0.05) is 11.7 Å². The first-order valence-electron chi connectivity index (χ1n) is 5.11. The lowest BCUT2D eigenvalue weighted by Gasteiger charge is -2.16. The summed E-state index contributed by atoms with van der Waals surface area (Å²) in [5.41, 5.74) is 3.13. The molecule has 1 atom stereocenters.